The molecule has 7 heteroatoms. The summed E-state index contributed by atoms with van der Waals surface area (Å²) in [5, 5.41) is 7.26. The van der Waals surface area contributed by atoms with Crippen molar-refractivity contribution in [3.63, 3.8) is 0 Å². The monoisotopic (exact) mass is 388 g/mol. The van der Waals surface area contributed by atoms with Gasteiger partial charge < -0.3 is 15.1 Å². The van der Waals surface area contributed by atoms with Crippen LogP contribution in [-0.2, 0) is 11.3 Å². The van der Waals surface area contributed by atoms with E-state index in [-0.39, 0.29) is 11.9 Å². The predicted octanol–water partition coefficient (Wildman–Crippen LogP) is -0.381. The van der Waals surface area contributed by atoms with Gasteiger partial charge in [-0.25, -0.2) is 4.79 Å². The Kier molecular flexibility index (Phi) is 6.98. The average Bonchev–Trinajstić information content (AvgIpc) is 3.17. The average molecular weight is 389 g/mol. The van der Waals surface area contributed by atoms with Gasteiger partial charge in [0.25, 0.3) is 5.91 Å². The normalized spacial score (nSPS) is 20.6. The van der Waals surface area contributed by atoms with Crippen LogP contribution in [0.5, 0.6) is 0 Å². The van der Waals surface area contributed by atoms with Crippen molar-refractivity contribution in [3.05, 3.63) is 58.3 Å². The Morgan fingerprint density at radius 2 is 1.81 bits per heavy atom. The van der Waals surface area contributed by atoms with E-state index in [4.69, 9.17) is 0 Å². The molecule has 1 saturated heterocycles. The van der Waals surface area contributed by atoms with Gasteiger partial charge in [0, 0.05) is 12.1 Å². The van der Waals surface area contributed by atoms with Crippen LogP contribution in [0.15, 0.2) is 47.8 Å². The van der Waals surface area contributed by atoms with E-state index in [1.807, 2.05) is 37.3 Å². The Labute approximate surface area is 164 Å². The third-order valence-electron chi connectivity index (χ3n) is 4.98. The largest absolute Gasteiger partial charge is 0.338 e. The van der Waals surface area contributed by atoms with Crippen molar-refractivity contribution >= 4 is 23.3 Å². The molecule has 6 nitrogen and oxygen atoms in total. The van der Waals surface area contributed by atoms with Crippen LogP contribution in [-0.4, -0.2) is 44.7 Å². The van der Waals surface area contributed by atoms with E-state index in [9.17, 15) is 9.59 Å². The molecule has 1 aliphatic rings. The number of piperazine rings is 1. The Bertz CT molecular complexity index is 728. The number of carbonyl (C=O) groups is 2. The second-order valence-electron chi connectivity index (χ2n) is 6.86. The number of rotatable bonds is 6. The summed E-state index contributed by atoms with van der Waals surface area (Å²) in [6.45, 7) is 7.22. The molecule has 3 amide bonds. The summed E-state index contributed by atoms with van der Waals surface area (Å²) in [6, 6.07) is 13.3. The smallest absolute Gasteiger partial charge is 0.321 e. The molecule has 1 fully saturated rings. The third kappa shape index (κ3) is 5.38. The van der Waals surface area contributed by atoms with Gasteiger partial charge in [0.05, 0.1) is 4.88 Å². The molecule has 144 valence electrons. The van der Waals surface area contributed by atoms with Crippen LogP contribution in [0, 0.1) is 0 Å². The van der Waals surface area contributed by atoms with Crippen molar-refractivity contribution in [3.8, 4) is 0 Å². The Balaban J connectivity index is 1.66. The zero-order valence-corrected chi connectivity index (χ0v) is 16.5. The van der Waals surface area contributed by atoms with Gasteiger partial charge in [0.2, 0.25) is 0 Å². The fourth-order valence-corrected chi connectivity index (χ4v) is 4.43. The molecular weight excluding hydrogens is 360 g/mol. The lowest BCUT2D eigenvalue weighted by atomic mass is 10.0. The highest BCUT2D eigenvalue weighted by molar-refractivity contribution is 7.09. The van der Waals surface area contributed by atoms with Crippen LogP contribution in [0.4, 0.5) is 4.79 Å². The molecule has 3 rings (SSSR count). The molecule has 4 N–H and O–H groups in total. The molecule has 0 bridgehead atoms. The number of amides is 3. The molecule has 1 aromatic carbocycles. The lowest BCUT2D eigenvalue weighted by Gasteiger charge is -2.33. The maximum absolute atomic E-state index is 12.9. The van der Waals surface area contributed by atoms with Gasteiger partial charge in [0.1, 0.15) is 32.7 Å². The highest BCUT2D eigenvalue weighted by atomic mass is 32.1. The van der Waals surface area contributed by atoms with Crippen molar-refractivity contribution in [2.24, 2.45) is 0 Å². The molecule has 2 heterocycles. The SMILES string of the molecule is CCNC(=O)NC(=O)[C@H](c1ccccc1)[NH+]1CC[NH+](Cc2cccs2)CC1. The molecule has 0 spiro atoms. The number of hydrogen-bond acceptors (Lipinski definition) is 3. The van der Waals surface area contributed by atoms with Gasteiger partial charge in [-0.3, -0.25) is 10.1 Å². The minimum Gasteiger partial charge on any atom is -0.338 e. The van der Waals surface area contributed by atoms with Crippen molar-refractivity contribution < 1.29 is 19.4 Å². The first-order chi connectivity index (χ1) is 13.2. The van der Waals surface area contributed by atoms with Crippen LogP contribution >= 0.6 is 11.3 Å². The van der Waals surface area contributed by atoms with Crippen LogP contribution in [0.25, 0.3) is 0 Å². The second kappa shape index (κ2) is 9.64. The molecule has 27 heavy (non-hydrogen) atoms. The van der Waals surface area contributed by atoms with Gasteiger partial charge >= 0.3 is 6.03 Å². The number of nitrogens with one attached hydrogen (secondary N) is 4. The summed E-state index contributed by atoms with van der Waals surface area (Å²) >= 11 is 1.80. The first-order valence-corrected chi connectivity index (χ1v) is 10.4. The summed E-state index contributed by atoms with van der Waals surface area (Å²) in [5.41, 5.74) is 0.955. The Morgan fingerprint density at radius 3 is 2.44 bits per heavy atom. The van der Waals surface area contributed by atoms with Crippen LogP contribution in [0.2, 0.25) is 0 Å². The van der Waals surface area contributed by atoms with Crippen LogP contribution < -0.4 is 20.4 Å². The van der Waals surface area contributed by atoms with E-state index in [0.29, 0.717) is 6.54 Å². The molecule has 1 aromatic heterocycles. The number of quaternary nitrogens is 2. The van der Waals surface area contributed by atoms with Crippen LogP contribution in [0.3, 0.4) is 0 Å². The predicted molar refractivity (Wildman–Crippen MR) is 106 cm³/mol. The van der Waals surface area contributed by atoms with E-state index < -0.39 is 6.03 Å². The first-order valence-electron chi connectivity index (χ1n) is 9.51. The van der Waals surface area contributed by atoms with Crippen molar-refractivity contribution in [2.45, 2.75) is 19.5 Å². The van der Waals surface area contributed by atoms with E-state index in [1.165, 1.54) is 9.78 Å². The van der Waals surface area contributed by atoms with Gasteiger partial charge in [-0.2, -0.15) is 0 Å². The van der Waals surface area contributed by atoms with Crippen molar-refractivity contribution in [1.29, 1.82) is 0 Å². The molecule has 0 aliphatic carbocycles. The summed E-state index contributed by atoms with van der Waals surface area (Å²) < 4.78 is 0. The number of urea groups is 1. The van der Waals surface area contributed by atoms with Crippen LogP contribution in [0.1, 0.15) is 23.4 Å². The second-order valence-corrected chi connectivity index (χ2v) is 7.89. The van der Waals surface area contributed by atoms with Gasteiger partial charge in [-0.15, -0.1) is 11.3 Å². The number of carbonyl (C=O) groups excluding carboxylic acids is 2. The third-order valence-corrected chi connectivity index (χ3v) is 5.86. The zero-order chi connectivity index (χ0) is 19.1. The van der Waals surface area contributed by atoms with Crippen molar-refractivity contribution in [1.82, 2.24) is 10.6 Å². The topological polar surface area (TPSA) is 67.1 Å². The fourth-order valence-electron chi connectivity index (χ4n) is 3.66. The van der Waals surface area contributed by atoms with Gasteiger partial charge in [0.15, 0.2) is 6.04 Å². The van der Waals surface area contributed by atoms with Crippen molar-refractivity contribution in [2.75, 3.05) is 32.7 Å². The van der Waals surface area contributed by atoms with E-state index in [1.54, 1.807) is 16.2 Å². The van der Waals surface area contributed by atoms with Gasteiger partial charge in [-0.1, -0.05) is 36.4 Å². The van der Waals surface area contributed by atoms with E-state index >= 15 is 0 Å². The summed E-state index contributed by atoms with van der Waals surface area (Å²) in [7, 11) is 0. The number of imide groups is 1. The first kappa shape index (κ1) is 19.5. The maximum Gasteiger partial charge on any atom is 0.321 e. The van der Waals surface area contributed by atoms with E-state index in [0.717, 1.165) is 38.3 Å². The summed E-state index contributed by atoms with van der Waals surface area (Å²) in [5.74, 6) is -0.233. The molecule has 1 atom stereocenters. The molecule has 0 saturated carbocycles. The number of thiophene rings is 1. The van der Waals surface area contributed by atoms with Gasteiger partial charge in [-0.05, 0) is 18.4 Å². The fraction of sp³-hybridized carbons (Fsp3) is 0.400. The highest BCUT2D eigenvalue weighted by Crippen LogP contribution is 2.10. The standard InChI is InChI=1S/C20H26N4O2S/c1-2-21-20(26)22-19(25)18(16-7-4-3-5-8-16)24-12-10-23(11-13-24)15-17-9-6-14-27-17/h3-9,14,18H,2,10-13,15H2,1H3,(H2,21,22,25,26)/p+2/t18-/m0/s1. The quantitative estimate of drug-likeness (QED) is 0.545. The molecular formula is C20H28N4O2S+2. The molecule has 1 aliphatic heterocycles. The zero-order valence-electron chi connectivity index (χ0n) is 15.7. The number of hydrogen-bond donors (Lipinski definition) is 4. The Hall–Kier alpha value is -2.22. The minimum absolute atomic E-state index is 0.233. The molecule has 0 unspecified atom stereocenters. The van der Waals surface area contributed by atoms with E-state index in [2.05, 4.69) is 28.1 Å². The molecule has 0 radical (unpaired) electrons. The lowest BCUT2D eigenvalue weighted by molar-refractivity contribution is -1.03. The highest BCUT2D eigenvalue weighted by Gasteiger charge is 2.36. The minimum atomic E-state index is -0.426. The lowest BCUT2D eigenvalue weighted by Crippen LogP contribution is -3.28. The maximum atomic E-state index is 12.9. The summed E-state index contributed by atoms with van der Waals surface area (Å²) in [6.07, 6.45) is 0. The summed E-state index contributed by atoms with van der Waals surface area (Å²) in [4.78, 5) is 28.9. The Morgan fingerprint density at radius 1 is 1.07 bits per heavy atom. The number of benzene rings is 1. The molecule has 2 aromatic rings.